The van der Waals surface area contributed by atoms with Crippen molar-refractivity contribution in [2.24, 2.45) is 0 Å². The van der Waals surface area contributed by atoms with E-state index in [1.165, 1.54) is 14.2 Å². The molecule has 5 N–H and O–H groups in total. The Labute approximate surface area is 394 Å². The SMILES string of the molecule is COC(=O)NC(C(=O)NCCCCc1nc2ccc(-c3ccc4c(c3)Oc3ccc(-c5cnc(C6CCCN6C(=O)C(NC(=O)OC)c6ccccc6)[nH]5)cc3C4(C)C)cc2[nH]1)c1ccccc1. The number of methoxy groups -OCH3 is 2. The number of alkyl carbamates (subject to hydrolysis) is 2. The number of aromatic amines is 2. The largest absolute Gasteiger partial charge is 0.457 e. The second-order valence-corrected chi connectivity index (χ2v) is 17.6. The zero-order chi connectivity index (χ0) is 47.4. The lowest BCUT2D eigenvalue weighted by Crippen LogP contribution is -2.42. The van der Waals surface area contributed by atoms with E-state index in [9.17, 15) is 19.2 Å². The molecule has 7 aromatic rings. The summed E-state index contributed by atoms with van der Waals surface area (Å²) in [4.78, 5) is 69.7. The standard InChI is InChI=1S/C53H54N8O7/c1-53(2)37-23-20-35(34-21-24-39-40(29-34)57-45(56-39)19-11-12-26-54-49(62)46(59-51(64)66-3)32-14-7-5-8-15-32)30-44(37)68-43-25-22-36(28-38(43)53)41-31-55-48(58-41)42-18-13-27-61(42)50(63)47(60-52(65)67-4)33-16-9-6-10-17-33/h5-10,14-17,20-25,28-31,42,46-47H,11-13,18-19,26-27H2,1-4H3,(H,54,62)(H,55,58)(H,56,57)(H,59,64)(H,60,65). The number of carbonyl (C=O) groups excluding carboxylic acids is 4. The number of nitrogens with zero attached hydrogens (tertiary/aromatic N) is 3. The molecule has 2 aromatic heterocycles. The summed E-state index contributed by atoms with van der Waals surface area (Å²) in [6.07, 6.45) is 4.24. The molecule has 4 heterocycles. The third-order valence-corrected chi connectivity index (χ3v) is 13.0. The van der Waals surface area contributed by atoms with E-state index in [1.54, 1.807) is 17.0 Å². The van der Waals surface area contributed by atoms with Crippen LogP contribution in [0.25, 0.3) is 33.4 Å². The zero-order valence-electron chi connectivity index (χ0n) is 38.4. The van der Waals surface area contributed by atoms with Crippen LogP contribution >= 0.6 is 0 Å². The van der Waals surface area contributed by atoms with Crippen molar-refractivity contribution < 1.29 is 33.4 Å². The summed E-state index contributed by atoms with van der Waals surface area (Å²) in [6.45, 7) is 5.40. The summed E-state index contributed by atoms with van der Waals surface area (Å²) in [5, 5.41) is 8.28. The number of likely N-dealkylation sites (tertiary alicyclic amines) is 1. The molecule has 1 saturated heterocycles. The maximum atomic E-state index is 14.1. The second kappa shape index (κ2) is 19.5. The highest BCUT2D eigenvalue weighted by Gasteiger charge is 2.38. The third-order valence-electron chi connectivity index (χ3n) is 13.0. The van der Waals surface area contributed by atoms with Crippen molar-refractivity contribution >= 4 is 35.0 Å². The molecule has 0 aliphatic carbocycles. The van der Waals surface area contributed by atoms with Gasteiger partial charge in [-0.2, -0.15) is 0 Å². The first-order valence-electron chi connectivity index (χ1n) is 22.9. The molecule has 3 unspecified atom stereocenters. The molecule has 15 nitrogen and oxygen atoms in total. The van der Waals surface area contributed by atoms with Gasteiger partial charge in [0.1, 0.15) is 35.2 Å². The number of benzene rings is 5. The van der Waals surface area contributed by atoms with E-state index >= 15 is 0 Å². The van der Waals surface area contributed by atoms with Crippen LogP contribution in [0.15, 0.2) is 121 Å². The summed E-state index contributed by atoms with van der Waals surface area (Å²) in [7, 11) is 2.55. The maximum absolute atomic E-state index is 14.1. The van der Waals surface area contributed by atoms with Crippen LogP contribution in [0, 0.1) is 0 Å². The van der Waals surface area contributed by atoms with Gasteiger partial charge >= 0.3 is 12.2 Å². The van der Waals surface area contributed by atoms with Crippen molar-refractivity contribution in [2.45, 2.75) is 69.5 Å². The quantitative estimate of drug-likeness (QED) is 0.0662. The van der Waals surface area contributed by atoms with Gasteiger partial charge in [-0.3, -0.25) is 9.59 Å². The maximum Gasteiger partial charge on any atom is 0.407 e. The molecule has 0 bridgehead atoms. The van der Waals surface area contributed by atoms with E-state index < -0.39 is 24.3 Å². The molecular formula is C53H54N8O7. The number of H-pyrrole nitrogens is 2. The van der Waals surface area contributed by atoms with Crippen LogP contribution < -0.4 is 20.7 Å². The molecule has 15 heteroatoms. The molecule has 2 aliphatic heterocycles. The molecule has 9 rings (SSSR count). The molecule has 1 fully saturated rings. The lowest BCUT2D eigenvalue weighted by atomic mass is 9.75. The minimum atomic E-state index is -0.896. The number of rotatable bonds is 14. The minimum Gasteiger partial charge on any atom is -0.457 e. The fourth-order valence-electron chi connectivity index (χ4n) is 9.30. The molecule has 0 saturated carbocycles. The monoisotopic (exact) mass is 914 g/mol. The van der Waals surface area contributed by atoms with Gasteiger partial charge in [-0.15, -0.1) is 0 Å². The van der Waals surface area contributed by atoms with Crippen molar-refractivity contribution in [3.8, 4) is 33.9 Å². The first-order chi connectivity index (χ1) is 33.0. The van der Waals surface area contributed by atoms with Gasteiger partial charge < -0.3 is 45.0 Å². The normalized spacial score (nSPS) is 15.6. The molecule has 5 aromatic carbocycles. The number of aryl methyl sites for hydroxylation is 1. The Hall–Kier alpha value is -7.94. The number of nitrogens with one attached hydrogen (secondary N) is 5. The predicted octanol–water partition coefficient (Wildman–Crippen LogP) is 9.35. The number of hydrogen-bond acceptors (Lipinski definition) is 9. The van der Waals surface area contributed by atoms with Gasteiger partial charge in [-0.25, -0.2) is 19.6 Å². The number of fused-ring (bicyclic) bond motifs is 3. The van der Waals surface area contributed by atoms with Crippen LogP contribution in [0.5, 0.6) is 11.5 Å². The van der Waals surface area contributed by atoms with Crippen molar-refractivity contribution in [1.82, 2.24) is 40.8 Å². The van der Waals surface area contributed by atoms with E-state index in [0.29, 0.717) is 36.5 Å². The van der Waals surface area contributed by atoms with E-state index in [0.717, 1.165) is 87.6 Å². The van der Waals surface area contributed by atoms with Gasteiger partial charge in [0, 0.05) is 41.6 Å². The number of hydrogen-bond donors (Lipinski definition) is 5. The fourth-order valence-corrected chi connectivity index (χ4v) is 9.30. The average molecular weight is 915 g/mol. The molecule has 348 valence electrons. The van der Waals surface area contributed by atoms with Crippen LogP contribution in [0.1, 0.15) is 91.6 Å². The number of unbranched alkanes of at least 4 members (excludes halogenated alkanes) is 1. The Bertz CT molecular complexity index is 2970. The summed E-state index contributed by atoms with van der Waals surface area (Å²) < 4.78 is 16.2. The highest BCUT2D eigenvalue weighted by atomic mass is 16.5. The smallest absolute Gasteiger partial charge is 0.407 e. The highest BCUT2D eigenvalue weighted by Crippen LogP contribution is 2.50. The number of carbonyl (C=O) groups is 4. The van der Waals surface area contributed by atoms with Crippen LogP contribution in [0.2, 0.25) is 0 Å². The Morgan fingerprint density at radius 2 is 1.44 bits per heavy atom. The number of amides is 4. The highest BCUT2D eigenvalue weighted by molar-refractivity contribution is 5.88. The summed E-state index contributed by atoms with van der Waals surface area (Å²) in [5.74, 6) is 2.62. The van der Waals surface area contributed by atoms with Crippen molar-refractivity contribution in [3.05, 3.63) is 155 Å². The van der Waals surface area contributed by atoms with Gasteiger partial charge in [0.05, 0.1) is 43.2 Å². The van der Waals surface area contributed by atoms with E-state index in [-0.39, 0.29) is 23.3 Å². The summed E-state index contributed by atoms with van der Waals surface area (Å²) >= 11 is 0. The lowest BCUT2D eigenvalue weighted by Gasteiger charge is -2.35. The van der Waals surface area contributed by atoms with Crippen LogP contribution in [0.3, 0.4) is 0 Å². The van der Waals surface area contributed by atoms with Gasteiger partial charge in [0.25, 0.3) is 5.91 Å². The predicted molar refractivity (Wildman–Crippen MR) is 257 cm³/mol. The third kappa shape index (κ3) is 9.37. The molecule has 2 aliphatic rings. The average Bonchev–Trinajstić information content (AvgIpc) is 4.15. The summed E-state index contributed by atoms with van der Waals surface area (Å²) in [6, 6.07) is 35.0. The van der Waals surface area contributed by atoms with Gasteiger partial charge in [-0.1, -0.05) is 92.7 Å². The Morgan fingerprint density at radius 1 is 0.765 bits per heavy atom. The first-order valence-corrected chi connectivity index (χ1v) is 22.9. The number of aromatic nitrogens is 4. The molecule has 4 amide bonds. The van der Waals surface area contributed by atoms with Gasteiger partial charge in [0.15, 0.2) is 0 Å². The van der Waals surface area contributed by atoms with Gasteiger partial charge in [0.2, 0.25) is 5.91 Å². The fraction of sp³-hybridized carbons (Fsp3) is 0.283. The Balaban J connectivity index is 0.844. The Morgan fingerprint density at radius 3 is 2.18 bits per heavy atom. The van der Waals surface area contributed by atoms with E-state index in [1.807, 2.05) is 72.9 Å². The van der Waals surface area contributed by atoms with E-state index in [4.69, 9.17) is 24.2 Å². The first kappa shape index (κ1) is 45.2. The molecule has 3 atom stereocenters. The van der Waals surface area contributed by atoms with Crippen molar-refractivity contribution in [2.75, 3.05) is 27.3 Å². The van der Waals surface area contributed by atoms with Crippen molar-refractivity contribution in [3.63, 3.8) is 0 Å². The van der Waals surface area contributed by atoms with Crippen LogP contribution in [-0.4, -0.2) is 76.1 Å². The number of imidazole rings is 2. The second-order valence-electron chi connectivity index (χ2n) is 17.6. The molecule has 68 heavy (non-hydrogen) atoms. The van der Waals surface area contributed by atoms with Crippen LogP contribution in [0.4, 0.5) is 9.59 Å². The van der Waals surface area contributed by atoms with Crippen molar-refractivity contribution in [1.29, 1.82) is 0 Å². The minimum absolute atomic E-state index is 0.219. The zero-order valence-corrected chi connectivity index (χ0v) is 38.4. The Kier molecular flexibility index (Phi) is 13.0. The van der Waals surface area contributed by atoms with Crippen LogP contribution in [-0.2, 0) is 30.9 Å². The topological polar surface area (TPSA) is 193 Å². The van der Waals surface area contributed by atoms with Gasteiger partial charge in [-0.05, 0) is 84.3 Å². The molecular weight excluding hydrogens is 861 g/mol. The molecule has 0 spiro atoms. The van der Waals surface area contributed by atoms with E-state index in [2.05, 4.69) is 76.2 Å². The summed E-state index contributed by atoms with van der Waals surface area (Å²) in [5.41, 5.74) is 8.71. The lowest BCUT2D eigenvalue weighted by molar-refractivity contribution is -0.134. The molecule has 0 radical (unpaired) electrons. The number of ether oxygens (including phenoxy) is 3.